The van der Waals surface area contributed by atoms with Gasteiger partial charge in [-0.15, -0.1) is 0 Å². The van der Waals surface area contributed by atoms with Gasteiger partial charge < -0.3 is 5.32 Å². The van der Waals surface area contributed by atoms with Crippen LogP contribution >= 0.6 is 0 Å². The standard InChI is InChI=1S/C14H26N2O3S/c1-2-11-20(18,19)16-9-7-12(8-10-16)14(17)15-13-5-3-4-6-13/h12-13H,2-11H2,1H3,(H,15,17). The summed E-state index contributed by atoms with van der Waals surface area (Å²) < 4.78 is 25.5. The molecule has 1 aliphatic heterocycles. The first-order chi connectivity index (χ1) is 9.53. The summed E-state index contributed by atoms with van der Waals surface area (Å²) in [5, 5.41) is 3.12. The van der Waals surface area contributed by atoms with Crippen molar-refractivity contribution >= 4 is 15.9 Å². The number of nitrogens with one attached hydrogen (secondary N) is 1. The van der Waals surface area contributed by atoms with Crippen LogP contribution in [0.1, 0.15) is 51.9 Å². The van der Waals surface area contributed by atoms with E-state index >= 15 is 0 Å². The lowest BCUT2D eigenvalue weighted by molar-refractivity contribution is -0.126. The van der Waals surface area contributed by atoms with E-state index in [4.69, 9.17) is 0 Å². The number of hydrogen-bond donors (Lipinski definition) is 1. The minimum atomic E-state index is -3.10. The molecule has 1 heterocycles. The van der Waals surface area contributed by atoms with Crippen molar-refractivity contribution in [2.45, 2.75) is 57.9 Å². The van der Waals surface area contributed by atoms with Gasteiger partial charge in [0.15, 0.2) is 0 Å². The maximum absolute atomic E-state index is 12.2. The van der Waals surface area contributed by atoms with Crippen LogP contribution in [0.4, 0.5) is 0 Å². The van der Waals surface area contributed by atoms with Crippen molar-refractivity contribution in [3.63, 3.8) is 0 Å². The van der Waals surface area contributed by atoms with E-state index in [2.05, 4.69) is 5.32 Å². The number of rotatable bonds is 5. The molecule has 1 saturated carbocycles. The molecule has 0 aromatic heterocycles. The third-order valence-electron chi connectivity index (χ3n) is 4.38. The first kappa shape index (κ1) is 15.8. The summed E-state index contributed by atoms with van der Waals surface area (Å²) >= 11 is 0. The lowest BCUT2D eigenvalue weighted by Gasteiger charge is -2.31. The Kier molecular flexibility index (Phi) is 5.43. The van der Waals surface area contributed by atoms with Gasteiger partial charge in [0.25, 0.3) is 0 Å². The number of piperidine rings is 1. The average Bonchev–Trinajstić information content (AvgIpc) is 2.91. The molecule has 0 radical (unpaired) electrons. The van der Waals surface area contributed by atoms with Crippen LogP contribution < -0.4 is 5.32 Å². The quantitative estimate of drug-likeness (QED) is 0.837. The van der Waals surface area contributed by atoms with Crippen molar-refractivity contribution < 1.29 is 13.2 Å². The van der Waals surface area contributed by atoms with Gasteiger partial charge in [-0.25, -0.2) is 12.7 Å². The van der Waals surface area contributed by atoms with Crippen molar-refractivity contribution in [1.82, 2.24) is 9.62 Å². The highest BCUT2D eigenvalue weighted by Gasteiger charge is 2.31. The Labute approximate surface area is 122 Å². The zero-order chi connectivity index (χ0) is 14.6. The van der Waals surface area contributed by atoms with Gasteiger partial charge in [0.2, 0.25) is 15.9 Å². The highest BCUT2D eigenvalue weighted by Crippen LogP contribution is 2.22. The Balaban J connectivity index is 1.80. The monoisotopic (exact) mass is 302 g/mol. The second-order valence-electron chi connectivity index (χ2n) is 5.98. The molecule has 0 aromatic rings. The van der Waals surface area contributed by atoms with Crippen LogP contribution in [0.5, 0.6) is 0 Å². The van der Waals surface area contributed by atoms with E-state index in [0.717, 1.165) is 12.8 Å². The summed E-state index contributed by atoms with van der Waals surface area (Å²) in [5.74, 6) is 0.333. The van der Waals surface area contributed by atoms with Crippen molar-refractivity contribution in [3.05, 3.63) is 0 Å². The molecule has 1 N–H and O–H groups in total. The number of carbonyl (C=O) groups is 1. The van der Waals surface area contributed by atoms with Gasteiger partial charge in [-0.1, -0.05) is 19.8 Å². The molecule has 0 atom stereocenters. The number of carbonyl (C=O) groups excluding carboxylic acids is 1. The molecule has 116 valence electrons. The van der Waals surface area contributed by atoms with E-state index in [9.17, 15) is 13.2 Å². The molecule has 1 saturated heterocycles. The van der Waals surface area contributed by atoms with E-state index < -0.39 is 10.0 Å². The van der Waals surface area contributed by atoms with E-state index in [1.807, 2.05) is 6.92 Å². The summed E-state index contributed by atoms with van der Waals surface area (Å²) in [5.41, 5.74) is 0. The smallest absolute Gasteiger partial charge is 0.223 e. The van der Waals surface area contributed by atoms with Gasteiger partial charge in [-0.2, -0.15) is 0 Å². The molecule has 2 aliphatic rings. The van der Waals surface area contributed by atoms with Crippen molar-refractivity contribution in [2.75, 3.05) is 18.8 Å². The van der Waals surface area contributed by atoms with Crippen LogP contribution in [-0.2, 0) is 14.8 Å². The van der Waals surface area contributed by atoms with Crippen molar-refractivity contribution in [1.29, 1.82) is 0 Å². The molecule has 2 fully saturated rings. The van der Waals surface area contributed by atoms with Gasteiger partial charge in [0.1, 0.15) is 0 Å². The first-order valence-electron chi connectivity index (χ1n) is 7.81. The van der Waals surface area contributed by atoms with Crippen LogP contribution in [0.3, 0.4) is 0 Å². The topological polar surface area (TPSA) is 66.5 Å². The molecule has 1 amide bonds. The highest BCUT2D eigenvalue weighted by atomic mass is 32.2. The molecular formula is C14H26N2O3S. The first-order valence-corrected chi connectivity index (χ1v) is 9.42. The predicted octanol–water partition coefficient (Wildman–Crippen LogP) is 1.50. The Hall–Kier alpha value is -0.620. The summed E-state index contributed by atoms with van der Waals surface area (Å²) in [6, 6.07) is 0.351. The van der Waals surface area contributed by atoms with Gasteiger partial charge in [-0.3, -0.25) is 4.79 Å². The van der Waals surface area contributed by atoms with Gasteiger partial charge in [-0.05, 0) is 32.1 Å². The minimum absolute atomic E-state index is 0.0105. The Bertz CT molecular complexity index is 422. The summed E-state index contributed by atoms with van der Waals surface area (Å²) in [4.78, 5) is 12.2. The van der Waals surface area contributed by atoms with Crippen molar-refractivity contribution in [2.24, 2.45) is 5.92 Å². The van der Waals surface area contributed by atoms with Crippen LogP contribution in [0.15, 0.2) is 0 Å². The second-order valence-corrected chi connectivity index (χ2v) is 8.07. The van der Waals surface area contributed by atoms with E-state index in [1.54, 1.807) is 4.31 Å². The maximum atomic E-state index is 12.2. The molecule has 0 aromatic carbocycles. The van der Waals surface area contributed by atoms with Crippen LogP contribution in [0.25, 0.3) is 0 Å². The Morgan fingerprint density at radius 2 is 1.75 bits per heavy atom. The minimum Gasteiger partial charge on any atom is -0.353 e. The molecule has 0 spiro atoms. The van der Waals surface area contributed by atoms with E-state index in [0.29, 0.717) is 38.4 Å². The maximum Gasteiger partial charge on any atom is 0.223 e. The van der Waals surface area contributed by atoms with Gasteiger partial charge in [0.05, 0.1) is 5.75 Å². The zero-order valence-electron chi connectivity index (χ0n) is 12.3. The van der Waals surface area contributed by atoms with E-state index in [-0.39, 0.29) is 17.6 Å². The number of nitrogens with zero attached hydrogens (tertiary/aromatic N) is 1. The van der Waals surface area contributed by atoms with E-state index in [1.165, 1.54) is 12.8 Å². The van der Waals surface area contributed by atoms with Crippen molar-refractivity contribution in [3.8, 4) is 0 Å². The molecule has 0 unspecified atom stereocenters. The van der Waals surface area contributed by atoms with Gasteiger partial charge >= 0.3 is 0 Å². The van der Waals surface area contributed by atoms with Crippen LogP contribution in [-0.4, -0.2) is 43.5 Å². The predicted molar refractivity (Wildman–Crippen MR) is 78.8 cm³/mol. The molecule has 20 heavy (non-hydrogen) atoms. The molecule has 2 rings (SSSR count). The largest absolute Gasteiger partial charge is 0.353 e. The third kappa shape index (κ3) is 3.95. The fraction of sp³-hybridized carbons (Fsp3) is 0.929. The fourth-order valence-electron chi connectivity index (χ4n) is 3.17. The highest BCUT2D eigenvalue weighted by molar-refractivity contribution is 7.89. The normalized spacial score (nSPS) is 23.1. The number of sulfonamides is 1. The average molecular weight is 302 g/mol. The van der Waals surface area contributed by atoms with Crippen LogP contribution in [0.2, 0.25) is 0 Å². The summed E-state index contributed by atoms with van der Waals surface area (Å²) in [6.07, 6.45) is 6.55. The third-order valence-corrected chi connectivity index (χ3v) is 6.46. The molecule has 0 bridgehead atoms. The number of hydrogen-bond acceptors (Lipinski definition) is 3. The molecule has 6 heteroatoms. The molecule has 1 aliphatic carbocycles. The summed E-state index contributed by atoms with van der Waals surface area (Å²) in [6.45, 7) is 2.86. The van der Waals surface area contributed by atoms with Gasteiger partial charge in [0, 0.05) is 25.0 Å². The SMILES string of the molecule is CCCS(=O)(=O)N1CCC(C(=O)NC2CCCC2)CC1. The molecule has 5 nitrogen and oxygen atoms in total. The molecular weight excluding hydrogens is 276 g/mol. The fourth-order valence-corrected chi connectivity index (χ4v) is 4.71. The second kappa shape index (κ2) is 6.89. The lowest BCUT2D eigenvalue weighted by Crippen LogP contribution is -2.45. The Morgan fingerprint density at radius 1 is 1.15 bits per heavy atom. The number of amides is 1. The zero-order valence-corrected chi connectivity index (χ0v) is 13.1. The van der Waals surface area contributed by atoms with Crippen LogP contribution in [0, 0.1) is 5.92 Å². The summed E-state index contributed by atoms with van der Waals surface area (Å²) in [7, 11) is -3.10. The Morgan fingerprint density at radius 3 is 2.30 bits per heavy atom. The lowest BCUT2D eigenvalue weighted by atomic mass is 9.97.